The Morgan fingerprint density at radius 3 is 2.97 bits per heavy atom. The molecule has 6 nitrogen and oxygen atoms in total. The first-order chi connectivity index (χ1) is 15.7. The molecule has 1 aromatic carbocycles. The monoisotopic (exact) mass is 430 g/mol. The third kappa shape index (κ3) is 3.42. The largest absolute Gasteiger partial charge is 0.381 e. The van der Waals surface area contributed by atoms with Crippen molar-refractivity contribution < 1.29 is 9.53 Å². The van der Waals surface area contributed by atoms with Crippen molar-refractivity contribution in [2.24, 2.45) is 5.92 Å². The van der Waals surface area contributed by atoms with Crippen LogP contribution in [0.1, 0.15) is 47.6 Å². The predicted molar refractivity (Wildman–Crippen MR) is 124 cm³/mol. The number of hydrogen-bond acceptors (Lipinski definition) is 4. The number of nitrogens with one attached hydrogen (secondary N) is 2. The third-order valence-electron chi connectivity index (χ3n) is 7.47. The number of aromatic amines is 1. The van der Waals surface area contributed by atoms with Gasteiger partial charge in [-0.05, 0) is 79.1 Å². The van der Waals surface area contributed by atoms with Gasteiger partial charge in [0, 0.05) is 49.1 Å². The maximum atomic E-state index is 13.1. The zero-order valence-corrected chi connectivity index (χ0v) is 18.6. The van der Waals surface area contributed by atoms with Crippen molar-refractivity contribution in [3.63, 3.8) is 0 Å². The minimum absolute atomic E-state index is 0.0336. The third-order valence-corrected chi connectivity index (χ3v) is 7.47. The van der Waals surface area contributed by atoms with Crippen molar-refractivity contribution in [1.82, 2.24) is 20.2 Å². The number of aryl methyl sites for hydroxylation is 1. The van der Waals surface area contributed by atoms with Gasteiger partial charge in [0.2, 0.25) is 5.91 Å². The van der Waals surface area contributed by atoms with Crippen molar-refractivity contribution in [1.29, 1.82) is 0 Å². The van der Waals surface area contributed by atoms with Crippen molar-refractivity contribution in [2.45, 2.75) is 45.2 Å². The molecule has 3 aliphatic heterocycles. The number of ether oxygens (including phenoxy) is 1. The van der Waals surface area contributed by atoms with Gasteiger partial charge in [-0.15, -0.1) is 0 Å². The van der Waals surface area contributed by atoms with E-state index < -0.39 is 0 Å². The molecule has 166 valence electrons. The standard InChI is InChI=1S/C26H30N4O2/c1-16-12-28-25-21(16)11-20(13-29-25)19-9-17-4-7-30(26(31)18-5-8-32-15-18)14-23(17)22(10-19)24-3-2-6-27-24/h9-13,18,24,27H,2-8,14-15H2,1H3,(H,28,29)/t18-,24-/m0/s1. The molecular formula is C26H30N4O2. The maximum Gasteiger partial charge on any atom is 0.228 e. The number of amides is 1. The number of aromatic nitrogens is 2. The number of pyridine rings is 1. The quantitative estimate of drug-likeness (QED) is 0.662. The lowest BCUT2D eigenvalue weighted by Crippen LogP contribution is -2.40. The number of fused-ring (bicyclic) bond motifs is 2. The van der Waals surface area contributed by atoms with E-state index in [2.05, 4.69) is 45.3 Å². The lowest BCUT2D eigenvalue weighted by molar-refractivity contribution is -0.136. The van der Waals surface area contributed by atoms with Gasteiger partial charge < -0.3 is 19.9 Å². The second-order valence-corrected chi connectivity index (χ2v) is 9.51. The highest BCUT2D eigenvalue weighted by atomic mass is 16.5. The van der Waals surface area contributed by atoms with Gasteiger partial charge in [0.1, 0.15) is 5.65 Å². The molecule has 2 saturated heterocycles. The summed E-state index contributed by atoms with van der Waals surface area (Å²) in [6.45, 7) is 5.96. The van der Waals surface area contributed by atoms with Crippen molar-refractivity contribution in [3.05, 3.63) is 52.8 Å². The Kier molecular flexibility index (Phi) is 5.00. The van der Waals surface area contributed by atoms with E-state index in [0.29, 0.717) is 25.8 Å². The molecule has 1 amide bonds. The summed E-state index contributed by atoms with van der Waals surface area (Å²) in [5.74, 6) is 0.298. The molecule has 6 heteroatoms. The van der Waals surface area contributed by atoms with Crippen LogP contribution in [-0.2, 0) is 22.5 Å². The number of carbonyl (C=O) groups excluding carboxylic acids is 1. The molecule has 2 fully saturated rings. The lowest BCUT2D eigenvalue weighted by atomic mass is 9.86. The second-order valence-electron chi connectivity index (χ2n) is 9.51. The highest BCUT2D eigenvalue weighted by Crippen LogP contribution is 2.36. The molecule has 0 bridgehead atoms. The first kappa shape index (κ1) is 19.9. The Hall–Kier alpha value is -2.70. The van der Waals surface area contributed by atoms with Gasteiger partial charge >= 0.3 is 0 Å². The van der Waals surface area contributed by atoms with Crippen LogP contribution in [0.25, 0.3) is 22.2 Å². The van der Waals surface area contributed by atoms with Crippen molar-refractivity contribution >= 4 is 16.9 Å². The zero-order chi connectivity index (χ0) is 21.7. The SMILES string of the molecule is Cc1c[nH]c2ncc(-c3cc4c(c([C@@H]5CCCN5)c3)CN(C(=O)[C@H]3CCOC3)CC4)cc12. The molecule has 3 aromatic rings. The normalized spacial score (nSPS) is 23.1. The highest BCUT2D eigenvalue weighted by Gasteiger charge is 2.32. The summed E-state index contributed by atoms with van der Waals surface area (Å²) in [4.78, 5) is 23.1. The number of benzene rings is 1. The van der Waals surface area contributed by atoms with Crippen LogP contribution in [0, 0.1) is 12.8 Å². The van der Waals surface area contributed by atoms with E-state index in [4.69, 9.17) is 4.74 Å². The fourth-order valence-corrected chi connectivity index (χ4v) is 5.59. The summed E-state index contributed by atoms with van der Waals surface area (Å²) in [5, 5.41) is 4.87. The van der Waals surface area contributed by atoms with Crippen molar-refractivity contribution in [3.8, 4) is 11.1 Å². The molecule has 0 radical (unpaired) electrons. The number of H-pyrrole nitrogens is 1. The molecule has 3 aliphatic rings. The van der Waals surface area contributed by atoms with Gasteiger partial charge in [0.15, 0.2) is 0 Å². The molecule has 2 N–H and O–H groups in total. The van der Waals surface area contributed by atoms with E-state index in [9.17, 15) is 4.79 Å². The molecule has 2 aromatic heterocycles. The topological polar surface area (TPSA) is 70.2 Å². The van der Waals surface area contributed by atoms with Gasteiger partial charge in [0.05, 0.1) is 12.5 Å². The summed E-state index contributed by atoms with van der Waals surface area (Å²) < 4.78 is 5.48. The Morgan fingerprint density at radius 2 is 2.16 bits per heavy atom. The molecule has 32 heavy (non-hydrogen) atoms. The van der Waals surface area contributed by atoms with E-state index in [0.717, 1.165) is 43.6 Å². The fraction of sp³-hybridized carbons (Fsp3) is 0.462. The average Bonchev–Trinajstić information content (AvgIpc) is 3.60. The lowest BCUT2D eigenvalue weighted by Gasteiger charge is -2.33. The first-order valence-corrected chi connectivity index (χ1v) is 11.9. The minimum atomic E-state index is 0.0336. The molecule has 0 saturated carbocycles. The summed E-state index contributed by atoms with van der Waals surface area (Å²) in [6.07, 6.45) is 8.09. The predicted octanol–water partition coefficient (Wildman–Crippen LogP) is 3.88. The fourth-order valence-electron chi connectivity index (χ4n) is 5.59. The molecule has 0 unspecified atom stereocenters. The van der Waals surface area contributed by atoms with Crippen LogP contribution in [0.5, 0.6) is 0 Å². The van der Waals surface area contributed by atoms with Gasteiger partial charge in [-0.25, -0.2) is 4.98 Å². The first-order valence-electron chi connectivity index (χ1n) is 11.9. The maximum absolute atomic E-state index is 13.1. The van der Waals surface area contributed by atoms with Crippen LogP contribution in [0.4, 0.5) is 0 Å². The smallest absolute Gasteiger partial charge is 0.228 e. The summed E-state index contributed by atoms with van der Waals surface area (Å²) in [5.41, 5.74) is 8.63. The molecule has 6 rings (SSSR count). The number of rotatable bonds is 3. The van der Waals surface area contributed by atoms with E-state index in [1.165, 1.54) is 39.6 Å². The molecule has 0 aliphatic carbocycles. The summed E-state index contributed by atoms with van der Waals surface area (Å²) in [7, 11) is 0. The van der Waals surface area contributed by atoms with E-state index in [1.54, 1.807) is 0 Å². The van der Waals surface area contributed by atoms with E-state index in [-0.39, 0.29) is 11.8 Å². The second kappa shape index (κ2) is 8.01. The van der Waals surface area contributed by atoms with Crippen LogP contribution in [-0.4, -0.2) is 47.1 Å². The number of nitrogens with zero attached hydrogens (tertiary/aromatic N) is 2. The zero-order valence-electron chi connectivity index (χ0n) is 18.6. The molecular weight excluding hydrogens is 400 g/mol. The van der Waals surface area contributed by atoms with Gasteiger partial charge in [-0.2, -0.15) is 0 Å². The van der Waals surface area contributed by atoms with E-state index >= 15 is 0 Å². The highest BCUT2D eigenvalue weighted by molar-refractivity contribution is 5.85. The number of hydrogen-bond donors (Lipinski definition) is 2. The number of carbonyl (C=O) groups is 1. The van der Waals surface area contributed by atoms with Crippen molar-refractivity contribution in [2.75, 3.05) is 26.3 Å². The molecule has 2 atom stereocenters. The van der Waals surface area contributed by atoms with Crippen LogP contribution in [0.15, 0.2) is 30.6 Å². The Balaban J connectivity index is 1.39. The van der Waals surface area contributed by atoms with Crippen LogP contribution >= 0.6 is 0 Å². The Bertz CT molecular complexity index is 1170. The Morgan fingerprint density at radius 1 is 1.22 bits per heavy atom. The Labute approximate surface area is 188 Å². The summed E-state index contributed by atoms with van der Waals surface area (Å²) >= 11 is 0. The summed E-state index contributed by atoms with van der Waals surface area (Å²) in [6, 6.07) is 7.29. The van der Waals surface area contributed by atoms with Crippen LogP contribution in [0.3, 0.4) is 0 Å². The minimum Gasteiger partial charge on any atom is -0.381 e. The van der Waals surface area contributed by atoms with Crippen LogP contribution in [0.2, 0.25) is 0 Å². The van der Waals surface area contributed by atoms with Gasteiger partial charge in [0.25, 0.3) is 0 Å². The van der Waals surface area contributed by atoms with Gasteiger partial charge in [-0.3, -0.25) is 4.79 Å². The molecule has 5 heterocycles. The van der Waals surface area contributed by atoms with Gasteiger partial charge in [-0.1, -0.05) is 6.07 Å². The average molecular weight is 431 g/mol. The van der Waals surface area contributed by atoms with Crippen LogP contribution < -0.4 is 5.32 Å². The van der Waals surface area contributed by atoms with E-state index in [1.807, 2.05) is 12.4 Å². The molecule has 0 spiro atoms.